The molecule has 0 saturated carbocycles. The van der Waals surface area contributed by atoms with E-state index in [2.05, 4.69) is 10.4 Å². The van der Waals surface area contributed by atoms with E-state index in [-0.39, 0.29) is 10.6 Å². The molecule has 0 aliphatic heterocycles. The van der Waals surface area contributed by atoms with Gasteiger partial charge in [-0.15, -0.1) is 0 Å². The molecule has 1 aromatic carbocycles. The normalized spacial score (nSPS) is 10.4. The van der Waals surface area contributed by atoms with Gasteiger partial charge in [0.1, 0.15) is 0 Å². The lowest BCUT2D eigenvalue weighted by Crippen LogP contribution is -2.08. The quantitative estimate of drug-likeness (QED) is 0.662. The number of nitrogens with zero attached hydrogens (tertiary/aromatic N) is 3. The zero-order chi connectivity index (χ0) is 13.8. The van der Waals surface area contributed by atoms with E-state index < -0.39 is 0 Å². The van der Waals surface area contributed by atoms with Gasteiger partial charge in [-0.25, -0.2) is 0 Å². The number of anilines is 1. The van der Waals surface area contributed by atoms with Crippen molar-refractivity contribution < 1.29 is 4.92 Å². The molecule has 0 aliphatic rings. The third-order valence-corrected chi connectivity index (χ3v) is 2.98. The summed E-state index contributed by atoms with van der Waals surface area (Å²) in [5.41, 5.74) is 2.58. The Morgan fingerprint density at radius 3 is 2.89 bits per heavy atom. The summed E-state index contributed by atoms with van der Waals surface area (Å²) in [4.78, 5) is 10.5. The monoisotopic (exact) mass is 260 g/mol. The van der Waals surface area contributed by atoms with Gasteiger partial charge in [-0.1, -0.05) is 6.07 Å². The van der Waals surface area contributed by atoms with E-state index in [0.29, 0.717) is 12.1 Å². The number of aromatic nitrogens is 2. The fraction of sp³-hybridized carbons (Fsp3) is 0.308. The smallest absolute Gasteiger partial charge is 0.274 e. The second kappa shape index (κ2) is 5.51. The van der Waals surface area contributed by atoms with Crippen LogP contribution in [0, 0.1) is 17.0 Å². The van der Waals surface area contributed by atoms with Gasteiger partial charge >= 0.3 is 0 Å². The molecule has 0 amide bonds. The summed E-state index contributed by atoms with van der Waals surface area (Å²) in [6.07, 6.45) is 1.75. The van der Waals surface area contributed by atoms with E-state index in [1.807, 2.05) is 23.7 Å². The highest BCUT2D eigenvalue weighted by molar-refractivity contribution is 5.54. The Morgan fingerprint density at radius 1 is 1.42 bits per heavy atom. The second-order valence-electron chi connectivity index (χ2n) is 4.25. The Balaban J connectivity index is 2.12. The topological polar surface area (TPSA) is 73.0 Å². The van der Waals surface area contributed by atoms with Crippen molar-refractivity contribution in [2.24, 2.45) is 0 Å². The lowest BCUT2D eigenvalue weighted by Gasteiger charge is -2.08. The molecule has 0 saturated heterocycles. The number of aryl methyl sites for hydroxylation is 2. The van der Waals surface area contributed by atoms with Crippen molar-refractivity contribution in [3.63, 3.8) is 0 Å². The van der Waals surface area contributed by atoms with Crippen LogP contribution >= 0.6 is 0 Å². The fourth-order valence-corrected chi connectivity index (χ4v) is 1.90. The molecule has 100 valence electrons. The van der Waals surface area contributed by atoms with Gasteiger partial charge in [0.25, 0.3) is 5.69 Å². The molecule has 0 fully saturated rings. The van der Waals surface area contributed by atoms with Crippen LogP contribution in [0.15, 0.2) is 30.5 Å². The number of nitro benzene ring substituents is 1. The third-order valence-electron chi connectivity index (χ3n) is 2.98. The Kier molecular flexibility index (Phi) is 3.79. The minimum Gasteiger partial charge on any atom is -0.379 e. The number of rotatable bonds is 5. The predicted molar refractivity (Wildman–Crippen MR) is 73.1 cm³/mol. The van der Waals surface area contributed by atoms with Gasteiger partial charge in [0.05, 0.1) is 17.2 Å². The number of hydrogen-bond acceptors (Lipinski definition) is 4. The van der Waals surface area contributed by atoms with E-state index in [0.717, 1.165) is 17.9 Å². The molecule has 0 spiro atoms. The van der Waals surface area contributed by atoms with Crippen LogP contribution in [0.4, 0.5) is 11.4 Å². The van der Waals surface area contributed by atoms with Crippen molar-refractivity contribution in [3.05, 3.63) is 51.8 Å². The Morgan fingerprint density at radius 2 is 2.21 bits per heavy atom. The van der Waals surface area contributed by atoms with Crippen molar-refractivity contribution in [1.82, 2.24) is 9.78 Å². The minimum absolute atomic E-state index is 0.133. The molecule has 1 N–H and O–H groups in total. The van der Waals surface area contributed by atoms with Gasteiger partial charge in [-0.2, -0.15) is 5.10 Å². The molecular formula is C13H16N4O2. The number of nitrogens with one attached hydrogen (secondary N) is 1. The first-order valence-electron chi connectivity index (χ1n) is 6.11. The van der Waals surface area contributed by atoms with E-state index in [1.54, 1.807) is 25.3 Å². The van der Waals surface area contributed by atoms with Gasteiger partial charge in [0.2, 0.25) is 0 Å². The molecule has 0 unspecified atom stereocenters. The van der Waals surface area contributed by atoms with Crippen LogP contribution < -0.4 is 5.32 Å². The number of nitro groups is 1. The van der Waals surface area contributed by atoms with Crippen molar-refractivity contribution in [1.29, 1.82) is 0 Å². The summed E-state index contributed by atoms with van der Waals surface area (Å²) >= 11 is 0. The number of benzene rings is 1. The predicted octanol–water partition coefficient (Wildman–Crippen LogP) is 2.73. The van der Waals surface area contributed by atoms with E-state index >= 15 is 0 Å². The van der Waals surface area contributed by atoms with E-state index in [9.17, 15) is 10.1 Å². The molecule has 0 radical (unpaired) electrons. The summed E-state index contributed by atoms with van der Waals surface area (Å²) < 4.78 is 1.88. The van der Waals surface area contributed by atoms with Gasteiger partial charge in [0, 0.05) is 30.1 Å². The second-order valence-corrected chi connectivity index (χ2v) is 4.25. The molecule has 2 aromatic rings. The first-order valence-corrected chi connectivity index (χ1v) is 6.11. The maximum atomic E-state index is 10.9. The first-order chi connectivity index (χ1) is 9.11. The fourth-order valence-electron chi connectivity index (χ4n) is 1.90. The summed E-state index contributed by atoms with van der Waals surface area (Å²) in [5, 5.41) is 18.2. The van der Waals surface area contributed by atoms with Crippen LogP contribution in [-0.2, 0) is 13.1 Å². The summed E-state index contributed by atoms with van der Waals surface area (Å²) in [5.74, 6) is 0. The zero-order valence-electron chi connectivity index (χ0n) is 11.0. The van der Waals surface area contributed by atoms with Crippen molar-refractivity contribution in [2.45, 2.75) is 26.9 Å². The van der Waals surface area contributed by atoms with Crippen molar-refractivity contribution in [3.8, 4) is 0 Å². The number of hydrogen-bond donors (Lipinski definition) is 1. The highest BCUT2D eigenvalue weighted by atomic mass is 16.6. The lowest BCUT2D eigenvalue weighted by molar-refractivity contribution is -0.385. The van der Waals surface area contributed by atoms with Gasteiger partial charge in [-0.3, -0.25) is 14.8 Å². The molecule has 0 aliphatic carbocycles. The average molecular weight is 260 g/mol. The molecule has 6 nitrogen and oxygen atoms in total. The highest BCUT2D eigenvalue weighted by Crippen LogP contribution is 2.22. The first kappa shape index (κ1) is 13.1. The summed E-state index contributed by atoms with van der Waals surface area (Å²) in [6, 6.07) is 7.08. The molecule has 0 bridgehead atoms. The summed E-state index contributed by atoms with van der Waals surface area (Å²) in [7, 11) is 0. The molecule has 1 aromatic heterocycles. The van der Waals surface area contributed by atoms with E-state index in [1.165, 1.54) is 0 Å². The van der Waals surface area contributed by atoms with Gasteiger partial charge in [-0.05, 0) is 26.0 Å². The molecule has 0 atom stereocenters. The largest absolute Gasteiger partial charge is 0.379 e. The van der Waals surface area contributed by atoms with E-state index in [4.69, 9.17) is 0 Å². The van der Waals surface area contributed by atoms with Gasteiger partial charge < -0.3 is 5.32 Å². The van der Waals surface area contributed by atoms with Crippen LogP contribution in [-0.4, -0.2) is 14.7 Å². The van der Waals surface area contributed by atoms with Crippen LogP contribution in [0.5, 0.6) is 0 Å². The Labute approximate surface area is 111 Å². The SMILES string of the molecule is CCn1nccc1CNc1ccc(C)c([N+](=O)[O-])c1. The molecular weight excluding hydrogens is 244 g/mol. The molecule has 19 heavy (non-hydrogen) atoms. The van der Waals surface area contributed by atoms with Crippen molar-refractivity contribution in [2.75, 3.05) is 5.32 Å². The van der Waals surface area contributed by atoms with Crippen molar-refractivity contribution >= 4 is 11.4 Å². The van der Waals surface area contributed by atoms with Crippen LogP contribution in [0.1, 0.15) is 18.2 Å². The standard InChI is InChI=1S/C13H16N4O2/c1-3-16-12(6-7-15-16)9-14-11-5-4-10(2)13(8-11)17(18)19/h4-8,14H,3,9H2,1-2H3. The average Bonchev–Trinajstić information content (AvgIpc) is 2.84. The maximum absolute atomic E-state index is 10.9. The molecule has 1 heterocycles. The molecule has 6 heteroatoms. The highest BCUT2D eigenvalue weighted by Gasteiger charge is 2.11. The van der Waals surface area contributed by atoms with Crippen LogP contribution in [0.25, 0.3) is 0 Å². The lowest BCUT2D eigenvalue weighted by atomic mass is 10.2. The van der Waals surface area contributed by atoms with Gasteiger partial charge in [0.15, 0.2) is 0 Å². The zero-order valence-corrected chi connectivity index (χ0v) is 11.0. The summed E-state index contributed by atoms with van der Waals surface area (Å²) in [6.45, 7) is 5.15. The van der Waals surface area contributed by atoms with Crippen LogP contribution in [0.3, 0.4) is 0 Å². The maximum Gasteiger partial charge on any atom is 0.274 e. The van der Waals surface area contributed by atoms with Crippen LogP contribution in [0.2, 0.25) is 0 Å². The third kappa shape index (κ3) is 2.90. The molecule has 2 rings (SSSR count). The minimum atomic E-state index is -0.364. The Hall–Kier alpha value is -2.37. The Bertz CT molecular complexity index is 592.